The van der Waals surface area contributed by atoms with Crippen LogP contribution in [0.15, 0.2) is 84.9 Å². The van der Waals surface area contributed by atoms with Gasteiger partial charge in [-0.25, -0.2) is 0 Å². The Morgan fingerprint density at radius 2 is 1.62 bits per heavy atom. The minimum Gasteiger partial charge on any atom is -0.488 e. The number of aromatic nitrogens is 1. The molecule has 0 radical (unpaired) electrons. The molecule has 26 heavy (non-hydrogen) atoms. The van der Waals surface area contributed by atoms with Crippen LogP contribution in [0.5, 0.6) is 5.75 Å². The fourth-order valence-electron chi connectivity index (χ4n) is 2.83. The Hall–Kier alpha value is -3.53. The van der Waals surface area contributed by atoms with Crippen LogP contribution >= 0.6 is 0 Å². The van der Waals surface area contributed by atoms with E-state index >= 15 is 0 Å². The van der Waals surface area contributed by atoms with Gasteiger partial charge in [-0.2, -0.15) is 0 Å². The highest BCUT2D eigenvalue weighted by molar-refractivity contribution is 6.06. The molecule has 1 heterocycles. The minimum atomic E-state index is -0.179. The number of H-pyrrole nitrogens is 1. The van der Waals surface area contributed by atoms with Crippen LogP contribution in [0, 0.1) is 0 Å². The van der Waals surface area contributed by atoms with E-state index in [1.165, 1.54) is 0 Å². The number of anilines is 1. The van der Waals surface area contributed by atoms with Crippen LogP contribution in [-0.2, 0) is 6.61 Å². The molecule has 4 rings (SSSR count). The fourth-order valence-corrected chi connectivity index (χ4v) is 2.83. The van der Waals surface area contributed by atoms with Gasteiger partial charge in [0, 0.05) is 16.6 Å². The van der Waals surface area contributed by atoms with Crippen LogP contribution in [-0.4, -0.2) is 10.9 Å². The molecule has 0 aliphatic carbocycles. The Morgan fingerprint density at radius 3 is 2.38 bits per heavy atom. The van der Waals surface area contributed by atoms with Crippen molar-refractivity contribution in [2.75, 3.05) is 5.32 Å². The number of carbonyl (C=O) groups excluding carboxylic acids is 1. The molecule has 0 saturated carbocycles. The van der Waals surface area contributed by atoms with Gasteiger partial charge < -0.3 is 15.0 Å². The summed E-state index contributed by atoms with van der Waals surface area (Å²) in [6, 6.07) is 27.0. The summed E-state index contributed by atoms with van der Waals surface area (Å²) in [4.78, 5) is 15.7. The Bertz CT molecular complexity index is 1020. The van der Waals surface area contributed by atoms with Crippen molar-refractivity contribution < 1.29 is 9.53 Å². The molecule has 4 aromatic rings. The van der Waals surface area contributed by atoms with Crippen LogP contribution < -0.4 is 10.1 Å². The Balaban J connectivity index is 1.56. The summed E-state index contributed by atoms with van der Waals surface area (Å²) >= 11 is 0. The fraction of sp³-hybridized carbons (Fsp3) is 0.0455. The van der Waals surface area contributed by atoms with E-state index in [-0.39, 0.29) is 5.91 Å². The predicted octanol–water partition coefficient (Wildman–Crippen LogP) is 5.00. The summed E-state index contributed by atoms with van der Waals surface area (Å²) in [7, 11) is 0. The maximum absolute atomic E-state index is 12.5. The average Bonchev–Trinajstić information content (AvgIpc) is 3.13. The van der Waals surface area contributed by atoms with Crippen LogP contribution in [0.2, 0.25) is 0 Å². The molecule has 1 aromatic heterocycles. The quantitative estimate of drug-likeness (QED) is 0.536. The van der Waals surface area contributed by atoms with Crippen molar-refractivity contribution in [1.29, 1.82) is 0 Å². The average molecular weight is 342 g/mol. The lowest BCUT2D eigenvalue weighted by Gasteiger charge is -2.07. The van der Waals surface area contributed by atoms with Gasteiger partial charge in [-0.3, -0.25) is 4.79 Å². The first-order valence-corrected chi connectivity index (χ1v) is 8.44. The number of amides is 1. The van der Waals surface area contributed by atoms with Crippen molar-refractivity contribution >= 4 is 22.5 Å². The van der Waals surface area contributed by atoms with E-state index in [4.69, 9.17) is 4.74 Å². The van der Waals surface area contributed by atoms with Crippen LogP contribution in [0.4, 0.5) is 5.69 Å². The number of fused-ring (bicyclic) bond motifs is 1. The number of hydrogen-bond acceptors (Lipinski definition) is 2. The van der Waals surface area contributed by atoms with Gasteiger partial charge in [-0.1, -0.05) is 54.6 Å². The summed E-state index contributed by atoms with van der Waals surface area (Å²) < 4.78 is 5.96. The number of ether oxygens (including phenoxy) is 1. The van der Waals surface area contributed by atoms with Gasteiger partial charge in [0.15, 0.2) is 0 Å². The molecule has 0 atom stereocenters. The summed E-state index contributed by atoms with van der Waals surface area (Å²) in [6.45, 7) is 0.483. The number of carbonyl (C=O) groups is 1. The Morgan fingerprint density at radius 1 is 0.885 bits per heavy atom. The normalized spacial score (nSPS) is 10.6. The van der Waals surface area contributed by atoms with Gasteiger partial charge >= 0.3 is 0 Å². The zero-order valence-electron chi connectivity index (χ0n) is 14.1. The number of aromatic amines is 1. The lowest BCUT2D eigenvalue weighted by molar-refractivity contribution is 0.102. The third kappa shape index (κ3) is 3.44. The second-order valence-corrected chi connectivity index (χ2v) is 5.99. The molecule has 1 amide bonds. The number of nitrogens with one attached hydrogen (secondary N) is 2. The zero-order chi connectivity index (χ0) is 17.8. The van der Waals surface area contributed by atoms with Crippen molar-refractivity contribution in [3.05, 3.63) is 96.2 Å². The summed E-state index contributed by atoms with van der Waals surface area (Å²) in [6.07, 6.45) is 0. The first-order chi connectivity index (χ1) is 12.8. The molecule has 0 unspecified atom stereocenters. The molecule has 4 heteroatoms. The molecular weight excluding hydrogens is 324 g/mol. The molecule has 0 aliphatic rings. The Labute approximate surface area is 151 Å². The summed E-state index contributed by atoms with van der Waals surface area (Å²) in [5.41, 5.74) is 3.23. The predicted molar refractivity (Wildman–Crippen MR) is 103 cm³/mol. The minimum absolute atomic E-state index is 0.179. The molecule has 0 spiro atoms. The van der Waals surface area contributed by atoms with Gasteiger partial charge in [0.1, 0.15) is 18.1 Å². The molecule has 128 valence electrons. The Kier molecular flexibility index (Phi) is 4.39. The van der Waals surface area contributed by atoms with E-state index in [1.807, 2.05) is 84.9 Å². The monoisotopic (exact) mass is 342 g/mol. The molecule has 3 aromatic carbocycles. The molecule has 0 aliphatic heterocycles. The van der Waals surface area contributed by atoms with Crippen LogP contribution in [0.1, 0.15) is 16.1 Å². The van der Waals surface area contributed by atoms with E-state index in [2.05, 4.69) is 10.3 Å². The van der Waals surface area contributed by atoms with E-state index in [1.54, 1.807) is 0 Å². The maximum Gasteiger partial charge on any atom is 0.272 e. The number of benzene rings is 3. The van der Waals surface area contributed by atoms with E-state index in [0.29, 0.717) is 12.3 Å². The maximum atomic E-state index is 12.5. The zero-order valence-corrected chi connectivity index (χ0v) is 14.1. The van der Waals surface area contributed by atoms with E-state index < -0.39 is 0 Å². The third-order valence-electron chi connectivity index (χ3n) is 4.14. The van der Waals surface area contributed by atoms with Gasteiger partial charge in [-0.05, 0) is 35.9 Å². The van der Waals surface area contributed by atoms with Gasteiger partial charge in [0.05, 0.1) is 0 Å². The van der Waals surface area contributed by atoms with Gasteiger partial charge in [0.2, 0.25) is 0 Å². The third-order valence-corrected chi connectivity index (χ3v) is 4.14. The van der Waals surface area contributed by atoms with Crippen molar-refractivity contribution in [1.82, 2.24) is 4.98 Å². The van der Waals surface area contributed by atoms with Crippen molar-refractivity contribution in [2.24, 2.45) is 0 Å². The molecular formula is C22H18N2O2. The van der Waals surface area contributed by atoms with Crippen molar-refractivity contribution in [3.63, 3.8) is 0 Å². The lowest BCUT2D eigenvalue weighted by atomic mass is 10.2. The summed E-state index contributed by atoms with van der Waals surface area (Å²) in [5, 5.41) is 3.78. The summed E-state index contributed by atoms with van der Waals surface area (Å²) in [5.74, 6) is 0.572. The largest absolute Gasteiger partial charge is 0.488 e. The number of para-hydroxylation sites is 1. The van der Waals surface area contributed by atoms with Crippen LogP contribution in [0.25, 0.3) is 10.9 Å². The highest BCUT2D eigenvalue weighted by atomic mass is 16.5. The molecule has 4 nitrogen and oxygen atoms in total. The van der Waals surface area contributed by atoms with Crippen molar-refractivity contribution in [2.45, 2.75) is 6.61 Å². The second-order valence-electron chi connectivity index (χ2n) is 5.99. The molecule has 0 bridgehead atoms. The molecule has 2 N–H and O–H groups in total. The molecule has 0 fully saturated rings. The first kappa shape index (κ1) is 16.0. The second kappa shape index (κ2) is 7.15. The molecule has 0 saturated heterocycles. The van der Waals surface area contributed by atoms with E-state index in [0.717, 1.165) is 27.9 Å². The smallest absolute Gasteiger partial charge is 0.272 e. The highest BCUT2D eigenvalue weighted by Crippen LogP contribution is 2.27. The van der Waals surface area contributed by atoms with Crippen LogP contribution in [0.3, 0.4) is 0 Å². The SMILES string of the molecule is O=C(Nc1ccccc1)c1cc2c(OCc3ccccc3)cccc2[nH]1. The van der Waals surface area contributed by atoms with Gasteiger partial charge in [-0.15, -0.1) is 0 Å². The number of rotatable bonds is 5. The van der Waals surface area contributed by atoms with E-state index in [9.17, 15) is 4.79 Å². The van der Waals surface area contributed by atoms with Gasteiger partial charge in [0.25, 0.3) is 5.91 Å². The highest BCUT2D eigenvalue weighted by Gasteiger charge is 2.12. The topological polar surface area (TPSA) is 54.1 Å². The standard InChI is InChI=1S/C22H18N2O2/c25-22(23-17-10-5-2-6-11-17)20-14-18-19(24-20)12-7-13-21(18)26-15-16-8-3-1-4-9-16/h1-14,24H,15H2,(H,23,25). The van der Waals surface area contributed by atoms with Crippen molar-refractivity contribution in [3.8, 4) is 5.75 Å². The number of hydrogen-bond donors (Lipinski definition) is 2. The lowest BCUT2D eigenvalue weighted by Crippen LogP contribution is -2.11. The first-order valence-electron chi connectivity index (χ1n) is 8.44.